The lowest BCUT2D eigenvalue weighted by Gasteiger charge is -2.10. The third-order valence-electron chi connectivity index (χ3n) is 5.83. The van der Waals surface area contributed by atoms with Crippen molar-refractivity contribution in [3.63, 3.8) is 0 Å². The summed E-state index contributed by atoms with van der Waals surface area (Å²) >= 11 is 0. The van der Waals surface area contributed by atoms with Crippen molar-refractivity contribution >= 4 is 11.1 Å². The van der Waals surface area contributed by atoms with Gasteiger partial charge in [-0.15, -0.1) is 10.2 Å². The van der Waals surface area contributed by atoms with Crippen molar-refractivity contribution in [1.29, 1.82) is 0 Å². The van der Waals surface area contributed by atoms with Gasteiger partial charge in [-0.1, -0.05) is 18.2 Å². The summed E-state index contributed by atoms with van der Waals surface area (Å²) in [6.07, 6.45) is -3.15. The van der Waals surface area contributed by atoms with E-state index in [9.17, 15) is 17.6 Å². The summed E-state index contributed by atoms with van der Waals surface area (Å²) in [4.78, 5) is 4.35. The Labute approximate surface area is 208 Å². The van der Waals surface area contributed by atoms with Crippen LogP contribution in [0.3, 0.4) is 0 Å². The maximum Gasteiger partial charge on any atom is 0.420 e. The van der Waals surface area contributed by atoms with E-state index in [2.05, 4.69) is 20.5 Å². The molecule has 3 aromatic carbocycles. The van der Waals surface area contributed by atoms with Gasteiger partial charge in [-0.05, 0) is 53.1 Å². The number of nitrogens with zero attached hydrogens (tertiary/aromatic N) is 4. The Hall–Kier alpha value is -4.09. The summed E-state index contributed by atoms with van der Waals surface area (Å²) in [7, 11) is 1.74. The van der Waals surface area contributed by atoms with Gasteiger partial charge in [-0.2, -0.15) is 13.2 Å². The van der Waals surface area contributed by atoms with Crippen molar-refractivity contribution in [2.45, 2.75) is 12.7 Å². The lowest BCUT2D eigenvalue weighted by Crippen LogP contribution is -2.18. The topological polar surface area (TPSA) is 89.0 Å². The number of halogens is 4. The van der Waals surface area contributed by atoms with Crippen LogP contribution in [0.15, 0.2) is 65.3 Å². The zero-order chi connectivity index (χ0) is 26.2. The zero-order valence-corrected chi connectivity index (χ0v) is 19.6. The molecule has 0 fully saturated rings. The number of alkyl halides is 3. The smallest absolute Gasteiger partial charge is 0.420 e. The molecule has 5 rings (SSSR count). The number of fused-ring (bicyclic) bond motifs is 1. The van der Waals surface area contributed by atoms with E-state index in [0.717, 1.165) is 6.07 Å². The van der Waals surface area contributed by atoms with Crippen molar-refractivity contribution < 1.29 is 27.1 Å². The number of nitrogens with one attached hydrogen (secondary N) is 1. The minimum Gasteiger partial charge on any atom is -0.435 e. The Bertz CT molecular complexity index is 1580. The van der Waals surface area contributed by atoms with E-state index >= 15 is 0 Å². The Kier molecular flexibility index (Phi) is 6.48. The van der Waals surface area contributed by atoms with Crippen molar-refractivity contribution in [3.8, 4) is 34.0 Å². The molecule has 0 saturated heterocycles. The average Bonchev–Trinajstić information content (AvgIpc) is 3.49. The third-order valence-corrected chi connectivity index (χ3v) is 5.83. The molecular formula is C26H21F4N5O2. The highest BCUT2D eigenvalue weighted by atomic mass is 19.4. The molecule has 37 heavy (non-hydrogen) atoms. The van der Waals surface area contributed by atoms with Crippen molar-refractivity contribution in [3.05, 3.63) is 77.9 Å². The molecule has 0 atom stereocenters. The maximum absolute atomic E-state index is 14.1. The summed E-state index contributed by atoms with van der Waals surface area (Å²) in [6.45, 7) is 0.244. The van der Waals surface area contributed by atoms with Crippen LogP contribution in [0.1, 0.15) is 11.1 Å². The zero-order valence-electron chi connectivity index (χ0n) is 19.6. The molecule has 2 N–H and O–H groups in total. The van der Waals surface area contributed by atoms with Gasteiger partial charge in [-0.25, -0.2) is 9.37 Å². The molecule has 0 aliphatic carbocycles. The van der Waals surface area contributed by atoms with E-state index in [-0.39, 0.29) is 36.7 Å². The highest BCUT2D eigenvalue weighted by Gasteiger charge is 2.35. The number of hydrogen-bond acceptors (Lipinski definition) is 6. The van der Waals surface area contributed by atoms with Crippen LogP contribution in [0.25, 0.3) is 45.1 Å². The van der Waals surface area contributed by atoms with Gasteiger partial charge >= 0.3 is 6.18 Å². The van der Waals surface area contributed by atoms with E-state index in [0.29, 0.717) is 33.6 Å². The first-order valence-electron chi connectivity index (χ1n) is 11.3. The van der Waals surface area contributed by atoms with Gasteiger partial charge in [0.1, 0.15) is 23.2 Å². The molecule has 2 heterocycles. The summed E-state index contributed by atoms with van der Waals surface area (Å²) in [5.41, 5.74) is 1.43. The molecule has 0 unspecified atom stereocenters. The van der Waals surface area contributed by atoms with E-state index in [4.69, 9.17) is 9.52 Å². The van der Waals surface area contributed by atoms with E-state index in [1.54, 1.807) is 41.9 Å². The van der Waals surface area contributed by atoms with Crippen LogP contribution < -0.4 is 5.32 Å². The SMILES string of the molecule is Cn1cnnc1-c1cc(F)ccc1-c1cccc(-c2nc3cc(CNCCO)cc(C(F)(F)F)c3o2)c1. The van der Waals surface area contributed by atoms with Crippen LogP contribution in [0.4, 0.5) is 17.6 Å². The Morgan fingerprint density at radius 3 is 2.57 bits per heavy atom. The second-order valence-corrected chi connectivity index (χ2v) is 8.44. The molecule has 11 heteroatoms. The lowest BCUT2D eigenvalue weighted by atomic mass is 9.97. The summed E-state index contributed by atoms with van der Waals surface area (Å²) in [5.74, 6) is 0.0323. The van der Waals surface area contributed by atoms with Crippen molar-refractivity contribution in [1.82, 2.24) is 25.1 Å². The minimum absolute atomic E-state index is 0.0186. The molecule has 0 spiro atoms. The van der Waals surface area contributed by atoms with Gasteiger partial charge in [-0.3, -0.25) is 0 Å². The summed E-state index contributed by atoms with van der Waals surface area (Å²) < 4.78 is 62.9. The molecule has 190 valence electrons. The Balaban J connectivity index is 1.60. The normalized spacial score (nSPS) is 11.9. The molecule has 0 amide bonds. The fraction of sp³-hybridized carbons (Fsp3) is 0.192. The molecule has 0 radical (unpaired) electrons. The fourth-order valence-electron chi connectivity index (χ4n) is 4.14. The van der Waals surface area contributed by atoms with Gasteiger partial charge in [0, 0.05) is 31.3 Å². The van der Waals surface area contributed by atoms with Crippen molar-refractivity contribution in [2.75, 3.05) is 13.2 Å². The number of aliphatic hydroxyl groups excluding tert-OH is 1. The molecule has 0 saturated carbocycles. The minimum atomic E-state index is -4.65. The van der Waals surface area contributed by atoms with Gasteiger partial charge in [0.05, 0.1) is 6.61 Å². The molecule has 5 aromatic rings. The third kappa shape index (κ3) is 4.95. The molecule has 2 aromatic heterocycles. The molecule has 0 aliphatic heterocycles. The van der Waals surface area contributed by atoms with Crippen LogP contribution in [0.5, 0.6) is 0 Å². The predicted octanol–water partition coefficient (Wildman–Crippen LogP) is 5.20. The molecule has 0 aliphatic rings. The van der Waals surface area contributed by atoms with Crippen molar-refractivity contribution in [2.24, 2.45) is 7.05 Å². The number of hydrogen-bond donors (Lipinski definition) is 2. The van der Waals surface area contributed by atoms with Crippen LogP contribution >= 0.6 is 0 Å². The Morgan fingerprint density at radius 1 is 1.03 bits per heavy atom. The molecule has 0 bridgehead atoms. The van der Waals surface area contributed by atoms with Gasteiger partial charge in [0.25, 0.3) is 0 Å². The molecular weight excluding hydrogens is 490 g/mol. The fourth-order valence-corrected chi connectivity index (χ4v) is 4.14. The van der Waals surface area contributed by atoms with Crippen LogP contribution in [0, 0.1) is 5.82 Å². The monoisotopic (exact) mass is 511 g/mol. The number of aromatic nitrogens is 4. The highest BCUT2D eigenvalue weighted by molar-refractivity contribution is 5.84. The first-order chi connectivity index (χ1) is 17.7. The summed E-state index contributed by atoms with van der Waals surface area (Å²) in [5, 5.41) is 19.8. The second-order valence-electron chi connectivity index (χ2n) is 8.44. The van der Waals surface area contributed by atoms with E-state index in [1.165, 1.54) is 24.5 Å². The predicted molar refractivity (Wildman–Crippen MR) is 129 cm³/mol. The summed E-state index contributed by atoms with van der Waals surface area (Å²) in [6, 6.07) is 13.7. The maximum atomic E-state index is 14.1. The first kappa shape index (κ1) is 24.6. The average molecular weight is 511 g/mol. The van der Waals surface area contributed by atoms with E-state index < -0.39 is 17.6 Å². The number of oxazole rings is 1. The number of benzene rings is 3. The number of aryl methyl sites for hydroxylation is 1. The van der Waals surface area contributed by atoms with Crippen LogP contribution in [-0.2, 0) is 19.8 Å². The first-order valence-corrected chi connectivity index (χ1v) is 11.3. The largest absolute Gasteiger partial charge is 0.435 e. The highest BCUT2D eigenvalue weighted by Crippen LogP contribution is 2.39. The standard InChI is InChI=1S/C26H21F4N5O2/c1-35-14-32-34-24(35)20-12-18(27)5-6-19(20)16-3-2-4-17(11-16)25-33-22-10-15(13-31-7-8-36)9-21(23(22)37-25)26(28,29)30/h2-6,9-12,14,31,36H,7-8,13H2,1H3. The number of rotatable bonds is 7. The van der Waals surface area contributed by atoms with Gasteiger partial charge in [0.15, 0.2) is 11.4 Å². The number of aliphatic hydroxyl groups is 1. The second kappa shape index (κ2) is 9.75. The molecule has 7 nitrogen and oxygen atoms in total. The van der Waals surface area contributed by atoms with Crippen LogP contribution in [0.2, 0.25) is 0 Å². The van der Waals surface area contributed by atoms with Gasteiger partial charge < -0.3 is 19.4 Å². The van der Waals surface area contributed by atoms with Gasteiger partial charge in [0.2, 0.25) is 5.89 Å². The van der Waals surface area contributed by atoms with Crippen LogP contribution in [-0.4, -0.2) is 38.0 Å². The quantitative estimate of drug-likeness (QED) is 0.231. The lowest BCUT2D eigenvalue weighted by molar-refractivity contribution is -0.136. The Morgan fingerprint density at radius 2 is 1.84 bits per heavy atom. The van der Waals surface area contributed by atoms with E-state index in [1.807, 2.05) is 0 Å².